The number of hydrogen-bond acceptors (Lipinski definition) is 3. The fourth-order valence-electron chi connectivity index (χ4n) is 6.32. The first-order valence-corrected chi connectivity index (χ1v) is 12.9. The minimum atomic E-state index is -0.168. The van der Waals surface area contributed by atoms with E-state index in [2.05, 4.69) is 132 Å². The standard InChI is InChI=1S/C33H37N3/c1-9-18-33(8)25-20-24(31(3,4)5)15-17-27(25)36-28-16-14-23(21-34)19-29(28)35(30(36)32(33,6)7)26-13-11-10-12-22(26)2/h9-17,19-20,30H,1,18H2,2-8H3. The Morgan fingerprint density at radius 2 is 1.58 bits per heavy atom. The summed E-state index contributed by atoms with van der Waals surface area (Å²) in [5.74, 6) is 0. The molecular weight excluding hydrogens is 438 g/mol. The number of fused-ring (bicyclic) bond motifs is 5. The van der Waals surface area contributed by atoms with Gasteiger partial charge in [-0.15, -0.1) is 6.58 Å². The molecule has 0 saturated carbocycles. The lowest BCUT2D eigenvalue weighted by atomic mass is 9.56. The Morgan fingerprint density at radius 3 is 2.22 bits per heavy atom. The van der Waals surface area contributed by atoms with E-state index in [1.54, 1.807) is 0 Å². The number of aryl methyl sites for hydroxylation is 1. The van der Waals surface area contributed by atoms with E-state index < -0.39 is 0 Å². The van der Waals surface area contributed by atoms with Crippen LogP contribution in [0, 0.1) is 23.7 Å². The third-order valence-corrected chi connectivity index (χ3v) is 8.82. The molecule has 0 radical (unpaired) electrons. The molecule has 2 aliphatic rings. The van der Waals surface area contributed by atoms with Gasteiger partial charge in [-0.05, 0) is 65.8 Å². The summed E-state index contributed by atoms with van der Waals surface area (Å²) in [4.78, 5) is 5.00. The van der Waals surface area contributed by atoms with E-state index in [0.717, 1.165) is 17.8 Å². The molecule has 2 atom stereocenters. The van der Waals surface area contributed by atoms with Gasteiger partial charge < -0.3 is 9.80 Å². The highest BCUT2D eigenvalue weighted by Gasteiger charge is 2.59. The predicted octanol–water partition coefficient (Wildman–Crippen LogP) is 8.65. The molecule has 5 rings (SSSR count). The molecule has 3 aromatic rings. The second kappa shape index (κ2) is 8.00. The van der Waals surface area contributed by atoms with Gasteiger partial charge in [0.15, 0.2) is 0 Å². The van der Waals surface area contributed by atoms with Crippen LogP contribution in [0.15, 0.2) is 73.3 Å². The molecular formula is C33H37N3. The van der Waals surface area contributed by atoms with Gasteiger partial charge in [-0.1, -0.05) is 78.0 Å². The van der Waals surface area contributed by atoms with Crippen LogP contribution in [-0.2, 0) is 10.8 Å². The molecule has 0 fully saturated rings. The first-order valence-electron chi connectivity index (χ1n) is 12.9. The summed E-state index contributed by atoms with van der Waals surface area (Å²) >= 11 is 0. The lowest BCUT2D eigenvalue weighted by Gasteiger charge is -2.58. The number of para-hydroxylation sites is 1. The molecule has 2 unspecified atom stereocenters. The maximum absolute atomic E-state index is 9.77. The zero-order valence-corrected chi connectivity index (χ0v) is 22.7. The van der Waals surface area contributed by atoms with Gasteiger partial charge in [-0.2, -0.15) is 5.26 Å². The van der Waals surface area contributed by atoms with Gasteiger partial charge >= 0.3 is 0 Å². The van der Waals surface area contributed by atoms with Crippen LogP contribution in [0.3, 0.4) is 0 Å². The lowest BCUT2D eigenvalue weighted by molar-refractivity contribution is 0.131. The topological polar surface area (TPSA) is 30.3 Å². The normalized spacial score (nSPS) is 21.9. The number of allylic oxidation sites excluding steroid dienone is 1. The molecule has 0 saturated heterocycles. The summed E-state index contributed by atoms with van der Waals surface area (Å²) in [5, 5.41) is 9.77. The van der Waals surface area contributed by atoms with Crippen LogP contribution in [0.1, 0.15) is 70.2 Å². The molecule has 3 aromatic carbocycles. The van der Waals surface area contributed by atoms with Crippen molar-refractivity contribution in [3.63, 3.8) is 0 Å². The van der Waals surface area contributed by atoms with Crippen molar-refractivity contribution in [3.05, 3.63) is 95.6 Å². The van der Waals surface area contributed by atoms with Gasteiger partial charge in [0.1, 0.15) is 6.17 Å². The summed E-state index contributed by atoms with van der Waals surface area (Å²) in [6.07, 6.45) is 3.01. The summed E-state index contributed by atoms with van der Waals surface area (Å²) in [7, 11) is 0. The van der Waals surface area contributed by atoms with Crippen LogP contribution < -0.4 is 9.80 Å². The van der Waals surface area contributed by atoms with Gasteiger partial charge in [-0.25, -0.2) is 0 Å². The van der Waals surface area contributed by atoms with Crippen LogP contribution in [0.5, 0.6) is 0 Å². The highest BCUT2D eigenvalue weighted by atomic mass is 15.4. The van der Waals surface area contributed by atoms with E-state index in [1.807, 2.05) is 6.07 Å². The molecule has 2 heterocycles. The Hall–Kier alpha value is -3.51. The summed E-state index contributed by atoms with van der Waals surface area (Å²) in [5.41, 5.74) is 9.05. The fourth-order valence-corrected chi connectivity index (χ4v) is 6.32. The van der Waals surface area contributed by atoms with E-state index in [9.17, 15) is 5.26 Å². The average Bonchev–Trinajstić information content (AvgIpc) is 3.17. The minimum absolute atomic E-state index is 0.0421. The van der Waals surface area contributed by atoms with E-state index >= 15 is 0 Å². The first kappa shape index (κ1) is 24.2. The van der Waals surface area contributed by atoms with Crippen molar-refractivity contribution < 1.29 is 0 Å². The molecule has 0 N–H and O–H groups in total. The quantitative estimate of drug-likeness (QED) is 0.355. The molecule has 0 spiro atoms. The number of hydrogen-bond donors (Lipinski definition) is 0. The second-order valence-corrected chi connectivity index (χ2v) is 12.2. The van der Waals surface area contributed by atoms with Crippen molar-refractivity contribution in [3.8, 4) is 6.07 Å². The third kappa shape index (κ3) is 3.24. The van der Waals surface area contributed by atoms with E-state index in [4.69, 9.17) is 0 Å². The van der Waals surface area contributed by atoms with Gasteiger partial charge in [0, 0.05) is 22.2 Å². The Labute approximate surface area is 216 Å². The molecule has 2 aliphatic heterocycles. The molecule has 0 bridgehead atoms. The molecule has 3 heteroatoms. The smallest absolute Gasteiger partial charge is 0.117 e. The van der Waals surface area contributed by atoms with Crippen LogP contribution in [0.25, 0.3) is 0 Å². The second-order valence-electron chi connectivity index (χ2n) is 12.2. The fraction of sp³-hybridized carbons (Fsp3) is 0.364. The number of anilines is 4. The summed E-state index contributed by atoms with van der Waals surface area (Å²) in [6.45, 7) is 20.4. The maximum atomic E-state index is 9.77. The Morgan fingerprint density at radius 1 is 0.917 bits per heavy atom. The van der Waals surface area contributed by atoms with E-state index in [-0.39, 0.29) is 22.4 Å². The van der Waals surface area contributed by atoms with Crippen LogP contribution in [0.2, 0.25) is 0 Å². The molecule has 3 nitrogen and oxygen atoms in total. The van der Waals surface area contributed by atoms with Gasteiger partial charge in [0.05, 0.1) is 23.0 Å². The molecule has 0 aromatic heterocycles. The van der Waals surface area contributed by atoms with Crippen LogP contribution in [-0.4, -0.2) is 6.17 Å². The molecule has 0 amide bonds. The predicted molar refractivity (Wildman–Crippen MR) is 151 cm³/mol. The van der Waals surface area contributed by atoms with Crippen molar-refractivity contribution in [2.75, 3.05) is 9.80 Å². The van der Waals surface area contributed by atoms with Crippen molar-refractivity contribution >= 4 is 22.7 Å². The summed E-state index contributed by atoms with van der Waals surface area (Å²) in [6, 6.07) is 24.2. The van der Waals surface area contributed by atoms with E-state index in [0.29, 0.717) is 5.56 Å². The minimum Gasteiger partial charge on any atom is -0.317 e. The molecule has 0 aliphatic carbocycles. The number of rotatable bonds is 3. The maximum Gasteiger partial charge on any atom is 0.117 e. The number of nitrogens with zero attached hydrogens (tertiary/aromatic N) is 3. The number of nitriles is 1. The zero-order valence-electron chi connectivity index (χ0n) is 22.7. The van der Waals surface area contributed by atoms with Gasteiger partial charge in [0.25, 0.3) is 0 Å². The van der Waals surface area contributed by atoms with Gasteiger partial charge in [-0.3, -0.25) is 0 Å². The van der Waals surface area contributed by atoms with Gasteiger partial charge in [0.2, 0.25) is 0 Å². The lowest BCUT2D eigenvalue weighted by Crippen LogP contribution is -2.61. The molecule has 184 valence electrons. The Kier molecular flexibility index (Phi) is 5.38. The SMILES string of the molecule is C=CCC1(C)c2cc(C(C)(C)C)ccc2N2c3ccc(C#N)cc3N(c3ccccc3C)C2C1(C)C. The largest absolute Gasteiger partial charge is 0.317 e. The Bertz CT molecular complexity index is 1400. The third-order valence-electron chi connectivity index (χ3n) is 8.82. The van der Waals surface area contributed by atoms with Crippen LogP contribution in [0.4, 0.5) is 22.7 Å². The zero-order chi connectivity index (χ0) is 26.0. The molecule has 36 heavy (non-hydrogen) atoms. The number of benzene rings is 3. The average molecular weight is 476 g/mol. The monoisotopic (exact) mass is 475 g/mol. The Balaban J connectivity index is 1.87. The van der Waals surface area contributed by atoms with Crippen molar-refractivity contribution in [2.24, 2.45) is 5.41 Å². The highest BCUT2D eigenvalue weighted by molar-refractivity contribution is 5.92. The first-order chi connectivity index (χ1) is 17.0. The van der Waals surface area contributed by atoms with E-state index in [1.165, 1.54) is 28.1 Å². The van der Waals surface area contributed by atoms with Crippen molar-refractivity contribution in [1.29, 1.82) is 5.26 Å². The van der Waals surface area contributed by atoms with Crippen molar-refractivity contribution in [2.45, 2.75) is 71.9 Å². The summed E-state index contributed by atoms with van der Waals surface area (Å²) < 4.78 is 0. The highest BCUT2D eigenvalue weighted by Crippen LogP contribution is 2.63. The van der Waals surface area contributed by atoms with Crippen molar-refractivity contribution in [1.82, 2.24) is 0 Å². The van der Waals surface area contributed by atoms with Crippen LogP contribution >= 0.6 is 0 Å².